The lowest BCUT2D eigenvalue weighted by molar-refractivity contribution is 0.0950. The highest BCUT2D eigenvalue weighted by Crippen LogP contribution is 2.25. The molecule has 0 aliphatic carbocycles. The second kappa shape index (κ2) is 3.80. The van der Waals surface area contributed by atoms with Crippen molar-refractivity contribution in [2.75, 3.05) is 6.54 Å². The van der Waals surface area contributed by atoms with Gasteiger partial charge in [-0.25, -0.2) is 0 Å². The first-order valence-electron chi connectivity index (χ1n) is 3.96. The molecule has 0 aliphatic heterocycles. The minimum atomic E-state index is -0.474. The zero-order valence-corrected chi connectivity index (χ0v) is 7.24. The zero-order valence-electron chi connectivity index (χ0n) is 7.24. The molecule has 0 unspecified atom stereocenters. The van der Waals surface area contributed by atoms with Crippen molar-refractivity contribution in [2.24, 2.45) is 0 Å². The number of carbonyl (C=O) groups is 1. The van der Waals surface area contributed by atoms with E-state index in [1.54, 1.807) is 6.92 Å². The number of phenolic OH excluding ortho intramolecular Hbond substituents is 2. The molecule has 0 aliphatic rings. The molecule has 13 heavy (non-hydrogen) atoms. The normalized spacial score (nSPS) is 9.62. The SMILES string of the molecule is CCNC(=O)c1c(O)cccc1O. The van der Waals surface area contributed by atoms with Gasteiger partial charge in [-0.15, -0.1) is 0 Å². The fourth-order valence-electron chi connectivity index (χ4n) is 1.01. The van der Waals surface area contributed by atoms with Gasteiger partial charge in [-0.3, -0.25) is 4.79 Å². The van der Waals surface area contributed by atoms with Crippen LogP contribution in [0.15, 0.2) is 18.2 Å². The molecule has 0 radical (unpaired) electrons. The van der Waals surface area contributed by atoms with Crippen molar-refractivity contribution in [3.8, 4) is 11.5 Å². The largest absolute Gasteiger partial charge is 0.507 e. The van der Waals surface area contributed by atoms with Crippen molar-refractivity contribution in [3.63, 3.8) is 0 Å². The molecule has 0 saturated carbocycles. The summed E-state index contributed by atoms with van der Waals surface area (Å²) >= 11 is 0. The van der Waals surface area contributed by atoms with Crippen LogP contribution in [-0.4, -0.2) is 22.7 Å². The van der Waals surface area contributed by atoms with Gasteiger partial charge in [0.15, 0.2) is 0 Å². The van der Waals surface area contributed by atoms with Gasteiger partial charge in [0.2, 0.25) is 0 Å². The number of nitrogens with one attached hydrogen (secondary N) is 1. The Hall–Kier alpha value is -1.71. The van der Waals surface area contributed by atoms with Crippen LogP contribution in [0.25, 0.3) is 0 Å². The van der Waals surface area contributed by atoms with Crippen molar-refractivity contribution >= 4 is 5.91 Å². The predicted molar refractivity (Wildman–Crippen MR) is 47.8 cm³/mol. The highest BCUT2D eigenvalue weighted by atomic mass is 16.3. The fraction of sp³-hybridized carbons (Fsp3) is 0.222. The maximum atomic E-state index is 11.3. The zero-order chi connectivity index (χ0) is 9.84. The highest BCUT2D eigenvalue weighted by molar-refractivity contribution is 5.99. The molecule has 1 amide bonds. The molecule has 0 fully saturated rings. The summed E-state index contributed by atoms with van der Waals surface area (Å²) in [7, 11) is 0. The summed E-state index contributed by atoms with van der Waals surface area (Å²) < 4.78 is 0. The van der Waals surface area contributed by atoms with Crippen molar-refractivity contribution in [1.82, 2.24) is 5.32 Å². The Morgan fingerprint density at radius 1 is 1.38 bits per heavy atom. The fourth-order valence-corrected chi connectivity index (χ4v) is 1.01. The quantitative estimate of drug-likeness (QED) is 0.633. The molecule has 0 spiro atoms. The van der Waals surface area contributed by atoms with E-state index in [1.165, 1.54) is 18.2 Å². The second-order valence-corrected chi connectivity index (χ2v) is 2.53. The number of hydrogen-bond donors (Lipinski definition) is 3. The Bertz CT molecular complexity index is 302. The second-order valence-electron chi connectivity index (χ2n) is 2.53. The summed E-state index contributed by atoms with van der Waals surface area (Å²) in [6.07, 6.45) is 0. The average Bonchev–Trinajstić information content (AvgIpc) is 2.04. The van der Waals surface area contributed by atoms with Crippen molar-refractivity contribution in [3.05, 3.63) is 23.8 Å². The Labute approximate surface area is 75.8 Å². The van der Waals surface area contributed by atoms with Crippen molar-refractivity contribution in [1.29, 1.82) is 0 Å². The summed E-state index contributed by atoms with van der Waals surface area (Å²) in [5, 5.41) is 21.0. The van der Waals surface area contributed by atoms with E-state index in [2.05, 4.69) is 5.32 Å². The predicted octanol–water partition coefficient (Wildman–Crippen LogP) is 0.847. The molecule has 0 bridgehead atoms. The molecular formula is C9H11NO3. The van der Waals surface area contributed by atoms with Gasteiger partial charge < -0.3 is 15.5 Å². The minimum absolute atomic E-state index is 0.0793. The monoisotopic (exact) mass is 181 g/mol. The number of rotatable bonds is 2. The molecular weight excluding hydrogens is 170 g/mol. The average molecular weight is 181 g/mol. The van der Waals surface area contributed by atoms with Crippen LogP contribution in [0.5, 0.6) is 11.5 Å². The van der Waals surface area contributed by atoms with E-state index in [0.717, 1.165) is 0 Å². The van der Waals surface area contributed by atoms with Gasteiger partial charge in [0.05, 0.1) is 0 Å². The number of phenols is 2. The molecule has 4 heteroatoms. The first-order chi connectivity index (χ1) is 6.16. The Morgan fingerprint density at radius 2 is 1.92 bits per heavy atom. The number of benzene rings is 1. The lowest BCUT2D eigenvalue weighted by Crippen LogP contribution is -2.22. The van der Waals surface area contributed by atoms with Gasteiger partial charge in [-0.1, -0.05) is 6.07 Å². The van der Waals surface area contributed by atoms with Gasteiger partial charge in [0.1, 0.15) is 17.1 Å². The third-order valence-corrected chi connectivity index (χ3v) is 1.58. The Morgan fingerprint density at radius 3 is 2.38 bits per heavy atom. The third-order valence-electron chi connectivity index (χ3n) is 1.58. The number of hydrogen-bond acceptors (Lipinski definition) is 3. The van der Waals surface area contributed by atoms with Crippen LogP contribution in [0.4, 0.5) is 0 Å². The molecule has 4 nitrogen and oxygen atoms in total. The molecule has 0 heterocycles. The molecule has 0 atom stereocenters. The first-order valence-corrected chi connectivity index (χ1v) is 3.96. The number of amides is 1. The molecule has 70 valence electrons. The number of carbonyl (C=O) groups excluding carboxylic acids is 1. The molecule has 1 aromatic carbocycles. The van der Waals surface area contributed by atoms with E-state index >= 15 is 0 Å². The van der Waals surface area contributed by atoms with Gasteiger partial charge in [0, 0.05) is 6.54 Å². The van der Waals surface area contributed by atoms with Crippen LogP contribution < -0.4 is 5.32 Å². The summed E-state index contributed by atoms with van der Waals surface area (Å²) in [6, 6.07) is 4.17. The summed E-state index contributed by atoms with van der Waals surface area (Å²) in [4.78, 5) is 11.3. The molecule has 1 rings (SSSR count). The molecule has 3 N–H and O–H groups in total. The maximum absolute atomic E-state index is 11.3. The van der Waals surface area contributed by atoms with Crippen LogP contribution in [-0.2, 0) is 0 Å². The van der Waals surface area contributed by atoms with Gasteiger partial charge >= 0.3 is 0 Å². The van der Waals surface area contributed by atoms with Crippen LogP contribution in [0.2, 0.25) is 0 Å². The Kier molecular flexibility index (Phi) is 2.74. The molecule has 0 saturated heterocycles. The standard InChI is InChI=1S/C9H11NO3/c1-2-10-9(13)8-6(11)4-3-5-7(8)12/h3-5,11-12H,2H2,1H3,(H,10,13). The minimum Gasteiger partial charge on any atom is -0.507 e. The number of aromatic hydroxyl groups is 2. The van der Waals surface area contributed by atoms with E-state index in [0.29, 0.717) is 6.54 Å². The lowest BCUT2D eigenvalue weighted by Gasteiger charge is -2.05. The van der Waals surface area contributed by atoms with Crippen molar-refractivity contribution < 1.29 is 15.0 Å². The van der Waals surface area contributed by atoms with E-state index in [1.807, 2.05) is 0 Å². The first kappa shape index (κ1) is 9.38. The van der Waals surface area contributed by atoms with E-state index in [4.69, 9.17) is 0 Å². The van der Waals surface area contributed by atoms with Crippen molar-refractivity contribution in [2.45, 2.75) is 6.92 Å². The van der Waals surface area contributed by atoms with Crippen LogP contribution in [0.1, 0.15) is 17.3 Å². The molecule has 0 aromatic heterocycles. The lowest BCUT2D eigenvalue weighted by atomic mass is 10.1. The highest BCUT2D eigenvalue weighted by Gasteiger charge is 2.14. The summed E-state index contributed by atoms with van der Waals surface area (Å²) in [5.41, 5.74) is -0.0793. The topological polar surface area (TPSA) is 69.6 Å². The third kappa shape index (κ3) is 1.90. The Balaban J connectivity index is 3.05. The van der Waals surface area contributed by atoms with E-state index in [-0.39, 0.29) is 17.1 Å². The summed E-state index contributed by atoms with van der Waals surface area (Å²) in [5.74, 6) is -0.907. The maximum Gasteiger partial charge on any atom is 0.258 e. The smallest absolute Gasteiger partial charge is 0.258 e. The molecule has 1 aromatic rings. The van der Waals surface area contributed by atoms with E-state index in [9.17, 15) is 15.0 Å². The van der Waals surface area contributed by atoms with E-state index < -0.39 is 5.91 Å². The van der Waals surface area contributed by atoms with Crippen LogP contribution >= 0.6 is 0 Å². The van der Waals surface area contributed by atoms with Gasteiger partial charge in [-0.05, 0) is 19.1 Å². The van der Waals surface area contributed by atoms with Gasteiger partial charge in [0.25, 0.3) is 5.91 Å². The van der Waals surface area contributed by atoms with Gasteiger partial charge in [-0.2, -0.15) is 0 Å². The van der Waals surface area contributed by atoms with Crippen LogP contribution in [0.3, 0.4) is 0 Å². The summed E-state index contributed by atoms with van der Waals surface area (Å²) in [6.45, 7) is 2.21. The van der Waals surface area contributed by atoms with Crippen LogP contribution in [0, 0.1) is 0 Å².